The Labute approximate surface area is 102 Å². The van der Waals surface area contributed by atoms with E-state index < -0.39 is 0 Å². The fourth-order valence-electron chi connectivity index (χ4n) is 1.29. The van der Waals surface area contributed by atoms with E-state index in [1.165, 1.54) is 0 Å². The maximum absolute atomic E-state index is 11.6. The van der Waals surface area contributed by atoms with Crippen molar-refractivity contribution in [2.75, 3.05) is 5.32 Å². The molecule has 1 aromatic carbocycles. The van der Waals surface area contributed by atoms with Gasteiger partial charge in [-0.15, -0.1) is 0 Å². The molecule has 4 nitrogen and oxygen atoms in total. The summed E-state index contributed by atoms with van der Waals surface area (Å²) in [5.74, 6) is 0.000785. The minimum absolute atomic E-state index is 0.000785. The lowest BCUT2D eigenvalue weighted by molar-refractivity contribution is -0.116. The first-order chi connectivity index (χ1) is 7.57. The van der Waals surface area contributed by atoms with Crippen molar-refractivity contribution < 1.29 is 4.79 Å². The van der Waals surface area contributed by atoms with Crippen LogP contribution >= 0.6 is 15.9 Å². The Hall–Kier alpha value is -1.23. The highest BCUT2D eigenvalue weighted by Crippen LogP contribution is 2.31. The molecule has 0 atom stereocenters. The molecule has 0 saturated heterocycles. The van der Waals surface area contributed by atoms with E-state index in [0.717, 1.165) is 10.2 Å². The van der Waals surface area contributed by atoms with Crippen LogP contribution in [-0.4, -0.2) is 11.6 Å². The summed E-state index contributed by atoms with van der Waals surface area (Å²) in [5, 5.41) is 10.6. The van der Waals surface area contributed by atoms with Crippen LogP contribution in [0, 0.1) is 0 Å². The number of carbonyl (C=O) groups is 1. The molecule has 2 rings (SSSR count). The van der Waals surface area contributed by atoms with Crippen LogP contribution in [0.4, 0.5) is 5.69 Å². The van der Waals surface area contributed by atoms with Crippen LogP contribution in [0.5, 0.6) is 0 Å². The lowest BCUT2D eigenvalue weighted by Gasteiger charge is -2.06. The summed E-state index contributed by atoms with van der Waals surface area (Å²) in [5.41, 5.74) is 0.514. The van der Waals surface area contributed by atoms with Gasteiger partial charge >= 0.3 is 0 Å². The van der Waals surface area contributed by atoms with Crippen LogP contribution in [-0.2, 0) is 4.79 Å². The standard InChI is InChI=1S/C11H12BrN3O/c1-11(14-15-11)7-6-10(16)13-9-4-2-8(12)3-5-9/h2-5H,6-7H2,1H3,(H,13,16). The molecule has 0 aromatic heterocycles. The summed E-state index contributed by atoms with van der Waals surface area (Å²) in [6, 6.07) is 7.50. The van der Waals surface area contributed by atoms with Crippen LogP contribution in [0.2, 0.25) is 0 Å². The summed E-state index contributed by atoms with van der Waals surface area (Å²) >= 11 is 3.34. The topological polar surface area (TPSA) is 53.8 Å². The number of hydrogen-bond acceptors (Lipinski definition) is 3. The lowest BCUT2D eigenvalue weighted by atomic mass is 10.1. The summed E-state index contributed by atoms with van der Waals surface area (Å²) in [6.07, 6.45) is 1.12. The second-order valence-corrected chi connectivity index (χ2v) is 4.89. The van der Waals surface area contributed by atoms with Gasteiger partial charge in [0, 0.05) is 23.0 Å². The second kappa shape index (κ2) is 4.33. The maximum atomic E-state index is 11.6. The van der Waals surface area contributed by atoms with Gasteiger partial charge < -0.3 is 5.32 Å². The fraction of sp³-hybridized carbons (Fsp3) is 0.364. The lowest BCUT2D eigenvalue weighted by Crippen LogP contribution is -2.15. The van der Waals surface area contributed by atoms with Crippen molar-refractivity contribution in [3.8, 4) is 0 Å². The van der Waals surface area contributed by atoms with Gasteiger partial charge in [-0.05, 0) is 31.2 Å². The molecular weight excluding hydrogens is 270 g/mol. The van der Waals surface area contributed by atoms with Gasteiger partial charge in [0.1, 0.15) is 0 Å². The zero-order valence-electron chi connectivity index (χ0n) is 8.90. The number of anilines is 1. The molecule has 1 amide bonds. The summed E-state index contributed by atoms with van der Waals surface area (Å²) in [7, 11) is 0. The monoisotopic (exact) mass is 281 g/mol. The Kier molecular flexibility index (Phi) is 3.05. The molecule has 1 N–H and O–H groups in total. The van der Waals surface area contributed by atoms with E-state index in [9.17, 15) is 4.79 Å². The predicted octanol–water partition coefficient (Wildman–Crippen LogP) is 3.35. The Morgan fingerprint density at radius 1 is 1.38 bits per heavy atom. The molecule has 16 heavy (non-hydrogen) atoms. The molecule has 84 valence electrons. The van der Waals surface area contributed by atoms with Crippen LogP contribution in [0.3, 0.4) is 0 Å². The number of rotatable bonds is 4. The van der Waals surface area contributed by atoms with Gasteiger partial charge in [0.25, 0.3) is 0 Å². The summed E-state index contributed by atoms with van der Waals surface area (Å²) < 4.78 is 0.994. The Morgan fingerprint density at radius 2 is 2.00 bits per heavy atom. The quantitative estimate of drug-likeness (QED) is 0.904. The number of hydrogen-bond donors (Lipinski definition) is 1. The molecule has 0 aliphatic carbocycles. The van der Waals surface area contributed by atoms with E-state index in [-0.39, 0.29) is 11.6 Å². The normalized spacial score (nSPS) is 15.9. The third-order valence-corrected chi connectivity index (χ3v) is 2.92. The van der Waals surface area contributed by atoms with Crippen molar-refractivity contribution in [1.82, 2.24) is 0 Å². The van der Waals surface area contributed by atoms with Crippen molar-refractivity contribution in [2.24, 2.45) is 10.2 Å². The Bertz CT molecular complexity index is 421. The van der Waals surface area contributed by atoms with Crippen molar-refractivity contribution in [3.63, 3.8) is 0 Å². The number of nitrogens with zero attached hydrogens (tertiary/aromatic N) is 2. The van der Waals surface area contributed by atoms with Gasteiger partial charge in [-0.3, -0.25) is 4.79 Å². The molecule has 0 saturated carbocycles. The number of benzene rings is 1. The molecule has 1 aliphatic heterocycles. The highest BCUT2D eigenvalue weighted by molar-refractivity contribution is 9.10. The third-order valence-electron chi connectivity index (χ3n) is 2.40. The van der Waals surface area contributed by atoms with Crippen molar-refractivity contribution in [3.05, 3.63) is 28.7 Å². The van der Waals surface area contributed by atoms with E-state index in [4.69, 9.17) is 0 Å². The van der Waals surface area contributed by atoms with Gasteiger partial charge in [-0.2, -0.15) is 10.2 Å². The zero-order chi connectivity index (χ0) is 11.6. The number of carbonyl (C=O) groups excluding carboxylic acids is 1. The SMILES string of the molecule is CC1(CCC(=O)Nc2ccc(Br)cc2)N=N1. The van der Waals surface area contributed by atoms with E-state index in [1.54, 1.807) is 0 Å². The van der Waals surface area contributed by atoms with Gasteiger partial charge in [-0.25, -0.2) is 0 Å². The molecule has 1 aliphatic rings. The van der Waals surface area contributed by atoms with Crippen molar-refractivity contribution in [1.29, 1.82) is 0 Å². The average Bonchev–Trinajstić information content (AvgIpc) is 2.98. The van der Waals surface area contributed by atoms with Crippen LogP contribution in [0.25, 0.3) is 0 Å². The van der Waals surface area contributed by atoms with Gasteiger partial charge in [0.2, 0.25) is 5.91 Å². The van der Waals surface area contributed by atoms with Crippen LogP contribution in [0.1, 0.15) is 19.8 Å². The number of amides is 1. The first-order valence-corrected chi connectivity index (χ1v) is 5.86. The van der Waals surface area contributed by atoms with E-state index in [0.29, 0.717) is 12.8 Å². The van der Waals surface area contributed by atoms with Gasteiger partial charge in [0.15, 0.2) is 5.66 Å². The molecular formula is C11H12BrN3O. The van der Waals surface area contributed by atoms with Crippen molar-refractivity contribution in [2.45, 2.75) is 25.4 Å². The molecule has 1 aromatic rings. The molecule has 0 spiro atoms. The summed E-state index contributed by atoms with van der Waals surface area (Å²) in [4.78, 5) is 11.6. The van der Waals surface area contributed by atoms with Crippen LogP contribution < -0.4 is 5.32 Å². The van der Waals surface area contributed by atoms with E-state index in [1.807, 2.05) is 31.2 Å². The minimum Gasteiger partial charge on any atom is -0.326 e. The number of nitrogens with one attached hydrogen (secondary N) is 1. The average molecular weight is 282 g/mol. The third kappa shape index (κ3) is 3.13. The Morgan fingerprint density at radius 3 is 2.56 bits per heavy atom. The van der Waals surface area contributed by atoms with Crippen molar-refractivity contribution >= 4 is 27.5 Å². The smallest absolute Gasteiger partial charge is 0.224 e. The maximum Gasteiger partial charge on any atom is 0.224 e. The molecule has 0 unspecified atom stereocenters. The molecule has 0 radical (unpaired) electrons. The highest BCUT2D eigenvalue weighted by Gasteiger charge is 2.33. The molecule has 0 bridgehead atoms. The minimum atomic E-state index is -0.295. The second-order valence-electron chi connectivity index (χ2n) is 3.97. The first kappa shape index (κ1) is 11.3. The van der Waals surface area contributed by atoms with Crippen LogP contribution in [0.15, 0.2) is 39.0 Å². The fourth-order valence-corrected chi connectivity index (χ4v) is 1.56. The zero-order valence-corrected chi connectivity index (χ0v) is 10.5. The highest BCUT2D eigenvalue weighted by atomic mass is 79.9. The van der Waals surface area contributed by atoms with Gasteiger partial charge in [0.05, 0.1) is 0 Å². The molecule has 0 fully saturated rings. The predicted molar refractivity (Wildman–Crippen MR) is 65.3 cm³/mol. The molecule has 1 heterocycles. The van der Waals surface area contributed by atoms with Gasteiger partial charge in [-0.1, -0.05) is 15.9 Å². The Balaban J connectivity index is 1.80. The number of halogens is 1. The van der Waals surface area contributed by atoms with E-state index in [2.05, 4.69) is 31.5 Å². The first-order valence-electron chi connectivity index (χ1n) is 5.07. The molecule has 5 heteroatoms. The summed E-state index contributed by atoms with van der Waals surface area (Å²) in [6.45, 7) is 1.92. The largest absolute Gasteiger partial charge is 0.326 e. The van der Waals surface area contributed by atoms with E-state index >= 15 is 0 Å².